The van der Waals surface area contributed by atoms with Crippen LogP contribution in [0.25, 0.3) is 0 Å². The van der Waals surface area contributed by atoms with Crippen LogP contribution in [0.1, 0.15) is 11.1 Å². The Morgan fingerprint density at radius 2 is 1.35 bits per heavy atom. The van der Waals surface area contributed by atoms with E-state index in [0.717, 1.165) is 5.56 Å². The molecule has 2 rings (SSSR count). The van der Waals surface area contributed by atoms with Crippen LogP contribution in [0.5, 0.6) is 0 Å². The summed E-state index contributed by atoms with van der Waals surface area (Å²) in [6.07, 6.45) is 0. The molecule has 0 saturated carbocycles. The van der Waals surface area contributed by atoms with Crippen molar-refractivity contribution in [3.63, 3.8) is 0 Å². The molecule has 0 fully saturated rings. The number of halogens is 1. The van der Waals surface area contributed by atoms with Crippen LogP contribution >= 0.6 is 11.8 Å². The Hall–Kier alpha value is 0.510. The van der Waals surface area contributed by atoms with Gasteiger partial charge in [-0.3, -0.25) is 0 Å². The molecule has 12 heteroatoms. The molecule has 26 heavy (non-hydrogen) atoms. The quantitative estimate of drug-likeness (QED) is 0.508. The number of primary sulfonamides is 1. The normalized spacial score (nSPS) is 10.2. The van der Waals surface area contributed by atoms with Gasteiger partial charge >= 0.3 is 59.1 Å². The van der Waals surface area contributed by atoms with Crippen LogP contribution in [0.15, 0.2) is 58.3 Å². The topological polar surface area (TPSA) is 138 Å². The van der Waals surface area contributed by atoms with Crippen molar-refractivity contribution < 1.29 is 22.3 Å². The monoisotopic (exact) mass is 442 g/mol. The molecule has 0 aliphatic carbocycles. The average molecular weight is 443 g/mol. The van der Waals surface area contributed by atoms with E-state index in [1.807, 2.05) is 6.92 Å². The zero-order valence-electron chi connectivity index (χ0n) is 13.0. The van der Waals surface area contributed by atoms with Gasteiger partial charge in [0.05, 0.1) is 9.79 Å². The molecule has 0 heterocycles. The molecular formula is C14H21ClN2Na2O5S2. The molecule has 0 unspecified atom stereocenters. The fourth-order valence-corrected chi connectivity index (χ4v) is 3.27. The first-order valence-corrected chi connectivity index (χ1v) is 9.76. The van der Waals surface area contributed by atoms with Gasteiger partial charge in [-0.2, -0.15) is 0 Å². The van der Waals surface area contributed by atoms with Crippen LogP contribution in [0.3, 0.4) is 0 Å². The van der Waals surface area contributed by atoms with Crippen molar-refractivity contribution in [3.05, 3.63) is 59.7 Å². The second-order valence-electron chi connectivity index (χ2n) is 4.70. The van der Waals surface area contributed by atoms with Gasteiger partial charge in [-0.15, -0.1) is 4.24 Å². The Morgan fingerprint density at radius 3 is 1.69 bits per heavy atom. The minimum atomic E-state index is -3.53. The molecule has 0 saturated heterocycles. The number of rotatable bonds is 3. The van der Waals surface area contributed by atoms with Gasteiger partial charge in [0.2, 0.25) is 10.0 Å². The Kier molecular flexibility index (Phi) is 16.4. The fraction of sp³-hybridized carbons (Fsp3) is 0.143. The maximum absolute atomic E-state index is 11.1. The van der Waals surface area contributed by atoms with Gasteiger partial charge < -0.3 is 5.48 Å². The molecule has 5 N–H and O–H groups in total. The second-order valence-corrected chi connectivity index (χ2v) is 8.33. The van der Waals surface area contributed by atoms with E-state index in [-0.39, 0.29) is 74.4 Å². The van der Waals surface area contributed by atoms with Crippen LogP contribution in [-0.4, -0.2) is 81.4 Å². The molecule has 0 bridgehead atoms. The number of nitrogens with two attached hydrogens (primary N) is 1. The van der Waals surface area contributed by atoms with Crippen molar-refractivity contribution in [2.45, 2.75) is 23.6 Å². The fourth-order valence-electron chi connectivity index (χ4n) is 1.64. The van der Waals surface area contributed by atoms with Crippen molar-refractivity contribution in [3.8, 4) is 0 Å². The summed E-state index contributed by atoms with van der Waals surface area (Å²) in [5.74, 6) is 0. The molecule has 0 aliphatic rings. The third-order valence-corrected chi connectivity index (χ3v) is 5.61. The third-order valence-electron chi connectivity index (χ3n) is 2.83. The maximum atomic E-state index is 11.1. The molecule has 7 nitrogen and oxygen atoms in total. The Balaban J connectivity index is -0.000000366. The van der Waals surface area contributed by atoms with Gasteiger partial charge in [-0.05, 0) is 49.4 Å². The summed E-state index contributed by atoms with van der Waals surface area (Å²) in [5, 5.41) is 4.93. The Labute approximate surface area is 203 Å². The number of hydrogen-bond donors (Lipinski definition) is 2. The summed E-state index contributed by atoms with van der Waals surface area (Å²) in [6, 6.07) is 13.0. The first-order valence-electron chi connectivity index (χ1n) is 6.35. The second kappa shape index (κ2) is 13.6. The van der Waals surface area contributed by atoms with E-state index in [9.17, 15) is 16.8 Å². The molecular weight excluding hydrogens is 422 g/mol. The molecule has 0 aliphatic heterocycles. The molecule has 0 spiro atoms. The third kappa shape index (κ3) is 10.2. The van der Waals surface area contributed by atoms with Crippen LogP contribution in [0.4, 0.5) is 0 Å². The van der Waals surface area contributed by atoms with E-state index in [2.05, 4.69) is 0 Å². The number of nitrogens with one attached hydrogen (secondary N) is 1. The number of sulfonamides is 2. The first-order chi connectivity index (χ1) is 10.6. The SMILES string of the molecule is Cc1ccc(S(=O)(=O)NCl)cc1.Cc1ccccc1S(N)(=O)=O.O.[NaH].[NaH]. The van der Waals surface area contributed by atoms with Gasteiger partial charge in [-0.25, -0.2) is 22.0 Å². The van der Waals surface area contributed by atoms with Crippen LogP contribution < -0.4 is 9.38 Å². The Bertz CT molecular complexity index is 876. The summed E-state index contributed by atoms with van der Waals surface area (Å²) < 4.78 is 45.5. The zero-order chi connectivity index (χ0) is 17.7. The predicted molar refractivity (Wildman–Crippen MR) is 108 cm³/mol. The van der Waals surface area contributed by atoms with E-state index in [1.165, 1.54) is 18.2 Å². The number of aryl methyl sites for hydroxylation is 2. The molecule has 0 aromatic heterocycles. The van der Waals surface area contributed by atoms with E-state index < -0.39 is 20.0 Å². The predicted octanol–water partition coefficient (Wildman–Crippen LogP) is -0.0522. The van der Waals surface area contributed by atoms with Crippen LogP contribution in [0, 0.1) is 13.8 Å². The summed E-state index contributed by atoms with van der Waals surface area (Å²) >= 11 is 5.03. The number of hydrogen-bond acceptors (Lipinski definition) is 4. The molecule has 0 atom stereocenters. The summed E-state index contributed by atoms with van der Waals surface area (Å²) in [6.45, 7) is 3.59. The van der Waals surface area contributed by atoms with Gasteiger partial charge in [0.15, 0.2) is 0 Å². The van der Waals surface area contributed by atoms with Gasteiger partial charge in [0.25, 0.3) is 10.0 Å². The summed E-state index contributed by atoms with van der Waals surface area (Å²) in [5.41, 5.74) is 1.68. The zero-order valence-corrected chi connectivity index (χ0v) is 15.4. The van der Waals surface area contributed by atoms with E-state index >= 15 is 0 Å². The minimum absolute atomic E-state index is 0. The summed E-state index contributed by atoms with van der Waals surface area (Å²) in [7, 11) is -7.03. The van der Waals surface area contributed by atoms with Gasteiger partial charge in [-0.1, -0.05) is 35.9 Å². The first kappa shape index (κ1) is 31.2. The average Bonchev–Trinajstić information content (AvgIpc) is 2.47. The van der Waals surface area contributed by atoms with Gasteiger partial charge in [0.1, 0.15) is 0 Å². The standard InChI is InChI=1S/C7H8ClNO2S.C7H9NO2S.2Na.H2O.2H/c1-6-2-4-7(5-3-6)12(10,11)9-8;1-6-4-2-3-5-7(6)11(8,9)10;;;;;/h2-5,9H,1H3;2-5H,1H3,(H2,8,9,10);;;1H2;;. The van der Waals surface area contributed by atoms with Crippen LogP contribution in [-0.2, 0) is 20.0 Å². The van der Waals surface area contributed by atoms with Crippen molar-refractivity contribution in [2.24, 2.45) is 5.14 Å². The molecule has 0 radical (unpaired) electrons. The van der Waals surface area contributed by atoms with E-state index in [1.54, 1.807) is 41.5 Å². The molecule has 0 amide bonds. The molecule has 138 valence electrons. The van der Waals surface area contributed by atoms with Crippen molar-refractivity contribution in [1.29, 1.82) is 0 Å². The Morgan fingerprint density at radius 1 is 0.885 bits per heavy atom. The van der Waals surface area contributed by atoms with Gasteiger partial charge in [0, 0.05) is 0 Å². The summed E-state index contributed by atoms with van der Waals surface area (Å²) in [4.78, 5) is 0.364. The molecule has 2 aromatic rings. The van der Waals surface area contributed by atoms with Crippen molar-refractivity contribution in [2.75, 3.05) is 0 Å². The number of benzene rings is 2. The molecule has 2 aromatic carbocycles. The van der Waals surface area contributed by atoms with E-state index in [4.69, 9.17) is 16.9 Å². The van der Waals surface area contributed by atoms with Crippen LogP contribution in [0.2, 0.25) is 0 Å². The van der Waals surface area contributed by atoms with Crippen molar-refractivity contribution >= 4 is 90.9 Å². The van der Waals surface area contributed by atoms with Crippen molar-refractivity contribution in [1.82, 2.24) is 4.24 Å². The van der Waals surface area contributed by atoms with E-state index in [0.29, 0.717) is 5.56 Å².